The molecule has 1 aromatic carbocycles. The Morgan fingerprint density at radius 3 is 2.10 bits per heavy atom. The molecule has 0 spiro atoms. The van der Waals surface area contributed by atoms with Gasteiger partial charge in [0.1, 0.15) is 0 Å². The van der Waals surface area contributed by atoms with Crippen LogP contribution in [-0.4, -0.2) is 22.6 Å². The summed E-state index contributed by atoms with van der Waals surface area (Å²) in [5.41, 5.74) is -1.63. The Morgan fingerprint density at radius 1 is 1.14 bits per heavy atom. The summed E-state index contributed by atoms with van der Waals surface area (Å²) in [4.78, 5) is 22.3. The van der Waals surface area contributed by atoms with Gasteiger partial charge in [0.05, 0.1) is 12.0 Å². The molecule has 2 amide bonds. The van der Waals surface area contributed by atoms with Crippen molar-refractivity contribution < 1.29 is 27.9 Å². The molecule has 0 atom stereocenters. The van der Waals surface area contributed by atoms with Gasteiger partial charge in [-0.25, -0.2) is 4.79 Å². The van der Waals surface area contributed by atoms with Gasteiger partial charge in [-0.05, 0) is 38.1 Å². The van der Waals surface area contributed by atoms with Crippen LogP contribution in [0.15, 0.2) is 24.3 Å². The molecule has 0 saturated carbocycles. The number of carboxylic acids is 1. The lowest BCUT2D eigenvalue weighted by atomic mass is 10.0. The van der Waals surface area contributed by atoms with Crippen LogP contribution in [0, 0.1) is 0 Å². The van der Waals surface area contributed by atoms with Gasteiger partial charge < -0.3 is 15.7 Å². The van der Waals surface area contributed by atoms with E-state index in [0.717, 1.165) is 24.3 Å². The monoisotopic (exact) mass is 304 g/mol. The summed E-state index contributed by atoms with van der Waals surface area (Å²) in [5.74, 6) is -1.07. The van der Waals surface area contributed by atoms with Crippen LogP contribution in [0.5, 0.6) is 0 Å². The van der Waals surface area contributed by atoms with Crippen molar-refractivity contribution in [1.82, 2.24) is 5.32 Å². The van der Waals surface area contributed by atoms with Crippen molar-refractivity contribution in [3.63, 3.8) is 0 Å². The lowest BCUT2D eigenvalue weighted by Gasteiger charge is -2.24. The molecular formula is C13H15F3N2O3. The van der Waals surface area contributed by atoms with Gasteiger partial charge >= 0.3 is 18.2 Å². The average molecular weight is 304 g/mol. The maximum Gasteiger partial charge on any atom is 0.416 e. The molecule has 0 radical (unpaired) electrons. The molecule has 5 nitrogen and oxygen atoms in total. The Balaban J connectivity index is 2.65. The molecule has 0 unspecified atom stereocenters. The molecule has 0 aliphatic heterocycles. The SMILES string of the molecule is CC(C)(CC(=O)O)NC(=O)Nc1ccc(C(F)(F)F)cc1. The van der Waals surface area contributed by atoms with Gasteiger partial charge in [-0.15, -0.1) is 0 Å². The van der Waals surface area contributed by atoms with E-state index < -0.39 is 29.3 Å². The van der Waals surface area contributed by atoms with E-state index in [1.165, 1.54) is 13.8 Å². The lowest BCUT2D eigenvalue weighted by molar-refractivity contribution is -0.138. The molecule has 0 heterocycles. The van der Waals surface area contributed by atoms with Crippen LogP contribution in [0.4, 0.5) is 23.7 Å². The predicted octanol–water partition coefficient (Wildman–Crippen LogP) is 3.08. The fraction of sp³-hybridized carbons (Fsp3) is 0.385. The van der Waals surface area contributed by atoms with Crippen molar-refractivity contribution in [2.45, 2.75) is 32.0 Å². The number of carbonyl (C=O) groups is 2. The van der Waals surface area contributed by atoms with Gasteiger partial charge in [-0.2, -0.15) is 13.2 Å². The lowest BCUT2D eigenvalue weighted by Crippen LogP contribution is -2.46. The second-order valence-corrected chi connectivity index (χ2v) is 5.11. The minimum atomic E-state index is -4.44. The van der Waals surface area contributed by atoms with Crippen molar-refractivity contribution in [3.05, 3.63) is 29.8 Å². The molecule has 21 heavy (non-hydrogen) atoms. The Bertz CT molecular complexity index is 524. The number of halogens is 3. The maximum atomic E-state index is 12.4. The van der Waals surface area contributed by atoms with Crippen LogP contribution in [0.2, 0.25) is 0 Å². The summed E-state index contributed by atoms with van der Waals surface area (Å²) in [6.45, 7) is 3.04. The zero-order valence-electron chi connectivity index (χ0n) is 11.4. The van der Waals surface area contributed by atoms with Crippen molar-refractivity contribution in [1.29, 1.82) is 0 Å². The first-order valence-corrected chi connectivity index (χ1v) is 5.98. The number of carbonyl (C=O) groups excluding carboxylic acids is 1. The molecule has 0 saturated heterocycles. The zero-order chi connectivity index (χ0) is 16.3. The van der Waals surface area contributed by atoms with Gasteiger partial charge in [-0.1, -0.05) is 0 Å². The molecule has 116 valence electrons. The Kier molecular flexibility index (Phi) is 4.82. The number of urea groups is 1. The predicted molar refractivity (Wildman–Crippen MR) is 69.9 cm³/mol. The second-order valence-electron chi connectivity index (χ2n) is 5.11. The van der Waals surface area contributed by atoms with Crippen molar-refractivity contribution in [3.8, 4) is 0 Å². The summed E-state index contributed by atoms with van der Waals surface area (Å²) in [7, 11) is 0. The Labute approximate surface area is 119 Å². The van der Waals surface area contributed by atoms with Crippen LogP contribution < -0.4 is 10.6 Å². The molecule has 0 aromatic heterocycles. The quantitative estimate of drug-likeness (QED) is 0.800. The van der Waals surface area contributed by atoms with Gasteiger partial charge in [0, 0.05) is 11.2 Å². The molecular weight excluding hydrogens is 289 g/mol. The molecule has 0 aliphatic rings. The van der Waals surface area contributed by atoms with Crippen LogP contribution >= 0.6 is 0 Å². The zero-order valence-corrected chi connectivity index (χ0v) is 11.4. The topological polar surface area (TPSA) is 78.4 Å². The van der Waals surface area contributed by atoms with E-state index in [9.17, 15) is 22.8 Å². The van der Waals surface area contributed by atoms with E-state index >= 15 is 0 Å². The van der Waals surface area contributed by atoms with Gasteiger partial charge in [0.25, 0.3) is 0 Å². The molecule has 1 rings (SSSR count). The number of benzene rings is 1. The normalized spacial score (nSPS) is 11.9. The van der Waals surface area contributed by atoms with Gasteiger partial charge in [-0.3, -0.25) is 4.79 Å². The van der Waals surface area contributed by atoms with E-state index in [2.05, 4.69) is 10.6 Å². The average Bonchev–Trinajstić information content (AvgIpc) is 2.25. The summed E-state index contributed by atoms with van der Waals surface area (Å²) in [6, 6.07) is 3.23. The standard InChI is InChI=1S/C13H15F3N2O3/c1-12(2,7-10(19)20)18-11(21)17-9-5-3-8(4-6-9)13(14,15)16/h3-6H,7H2,1-2H3,(H,19,20)(H2,17,18,21). The summed E-state index contributed by atoms with van der Waals surface area (Å²) < 4.78 is 37.1. The van der Waals surface area contributed by atoms with Crippen LogP contribution in [0.1, 0.15) is 25.8 Å². The largest absolute Gasteiger partial charge is 0.481 e. The van der Waals surface area contributed by atoms with E-state index in [0.29, 0.717) is 0 Å². The Hall–Kier alpha value is -2.25. The van der Waals surface area contributed by atoms with Crippen molar-refractivity contribution in [2.75, 3.05) is 5.32 Å². The molecule has 0 bridgehead atoms. The first kappa shape index (κ1) is 16.8. The molecule has 0 fully saturated rings. The van der Waals surface area contributed by atoms with Crippen LogP contribution in [0.3, 0.4) is 0 Å². The minimum Gasteiger partial charge on any atom is -0.481 e. The van der Waals surface area contributed by atoms with E-state index in [4.69, 9.17) is 5.11 Å². The highest BCUT2D eigenvalue weighted by molar-refractivity contribution is 5.90. The highest BCUT2D eigenvalue weighted by atomic mass is 19.4. The second kappa shape index (κ2) is 6.02. The van der Waals surface area contributed by atoms with E-state index in [1.54, 1.807) is 0 Å². The van der Waals surface area contributed by atoms with Crippen molar-refractivity contribution in [2.24, 2.45) is 0 Å². The van der Waals surface area contributed by atoms with E-state index in [-0.39, 0.29) is 12.1 Å². The number of aliphatic carboxylic acids is 1. The smallest absolute Gasteiger partial charge is 0.416 e. The summed E-state index contributed by atoms with van der Waals surface area (Å²) >= 11 is 0. The van der Waals surface area contributed by atoms with Gasteiger partial charge in [0.15, 0.2) is 0 Å². The number of nitrogens with one attached hydrogen (secondary N) is 2. The third-order valence-electron chi connectivity index (χ3n) is 2.52. The third-order valence-corrected chi connectivity index (χ3v) is 2.52. The number of rotatable bonds is 4. The number of hydrogen-bond donors (Lipinski definition) is 3. The summed E-state index contributed by atoms with van der Waals surface area (Å²) in [6.07, 6.45) is -4.72. The fourth-order valence-corrected chi connectivity index (χ4v) is 1.63. The number of amides is 2. The fourth-order valence-electron chi connectivity index (χ4n) is 1.63. The first-order valence-electron chi connectivity index (χ1n) is 5.98. The number of hydrogen-bond acceptors (Lipinski definition) is 2. The molecule has 8 heteroatoms. The van der Waals surface area contributed by atoms with Gasteiger partial charge in [0.2, 0.25) is 0 Å². The number of alkyl halides is 3. The minimum absolute atomic E-state index is 0.173. The first-order chi connectivity index (χ1) is 9.49. The Morgan fingerprint density at radius 2 is 1.67 bits per heavy atom. The van der Waals surface area contributed by atoms with Crippen LogP contribution in [0.25, 0.3) is 0 Å². The highest BCUT2D eigenvalue weighted by Gasteiger charge is 2.30. The number of carboxylic acid groups (broad SMARTS) is 1. The van der Waals surface area contributed by atoms with Crippen LogP contribution in [-0.2, 0) is 11.0 Å². The molecule has 0 aliphatic carbocycles. The van der Waals surface area contributed by atoms with E-state index in [1.807, 2.05) is 0 Å². The number of anilines is 1. The summed E-state index contributed by atoms with van der Waals surface area (Å²) in [5, 5.41) is 13.4. The highest BCUT2D eigenvalue weighted by Crippen LogP contribution is 2.29. The third kappa shape index (κ3) is 5.72. The van der Waals surface area contributed by atoms with Crippen molar-refractivity contribution >= 4 is 17.7 Å². The maximum absolute atomic E-state index is 12.4. The molecule has 3 N–H and O–H groups in total. The molecule has 1 aromatic rings.